The van der Waals surface area contributed by atoms with E-state index in [1.807, 2.05) is 6.92 Å². The summed E-state index contributed by atoms with van der Waals surface area (Å²) < 4.78 is 39.5. The smallest absolute Gasteiger partial charge is 0.398 e. The zero-order chi connectivity index (χ0) is 14.2. The lowest BCUT2D eigenvalue weighted by Crippen LogP contribution is -2.07. The molecule has 1 aromatic carbocycles. The topological polar surface area (TPSA) is 56.7 Å². The molecule has 0 radical (unpaired) electrons. The molecule has 0 spiro atoms. The summed E-state index contributed by atoms with van der Waals surface area (Å²) in [6.45, 7) is 4.30. The van der Waals surface area contributed by atoms with E-state index in [1.165, 1.54) is 6.07 Å². The van der Waals surface area contributed by atoms with Crippen LogP contribution in [0.2, 0.25) is 0 Å². The van der Waals surface area contributed by atoms with Crippen LogP contribution in [0.4, 0.5) is 18.9 Å². The summed E-state index contributed by atoms with van der Waals surface area (Å²) >= 11 is 0. The Balaban J connectivity index is 2.52. The van der Waals surface area contributed by atoms with E-state index in [2.05, 4.69) is 10.2 Å². The lowest BCUT2D eigenvalue weighted by atomic mass is 10.1. The van der Waals surface area contributed by atoms with Crippen LogP contribution in [0, 0.1) is 6.92 Å². The molecular formula is C12H13F3N4. The third-order valence-electron chi connectivity index (χ3n) is 2.87. The first kappa shape index (κ1) is 13.4. The van der Waals surface area contributed by atoms with Gasteiger partial charge in [0.15, 0.2) is 5.82 Å². The number of anilines is 1. The van der Waals surface area contributed by atoms with Crippen molar-refractivity contribution in [2.24, 2.45) is 0 Å². The zero-order valence-electron chi connectivity index (χ0n) is 10.5. The van der Waals surface area contributed by atoms with Gasteiger partial charge in [-0.05, 0) is 32.0 Å². The molecule has 0 saturated carbocycles. The summed E-state index contributed by atoms with van der Waals surface area (Å²) in [4.78, 5) is 0. The molecule has 0 bridgehead atoms. The molecule has 1 aromatic heterocycles. The van der Waals surface area contributed by atoms with Crippen molar-refractivity contribution in [2.45, 2.75) is 26.6 Å². The fourth-order valence-corrected chi connectivity index (χ4v) is 1.90. The highest BCUT2D eigenvalue weighted by atomic mass is 19.4. The van der Waals surface area contributed by atoms with E-state index in [0.717, 1.165) is 12.1 Å². The minimum Gasteiger partial charge on any atom is -0.398 e. The van der Waals surface area contributed by atoms with Gasteiger partial charge in [0.05, 0.1) is 5.56 Å². The number of aromatic nitrogens is 3. The molecule has 19 heavy (non-hydrogen) atoms. The first-order chi connectivity index (χ1) is 8.84. The summed E-state index contributed by atoms with van der Waals surface area (Å²) in [7, 11) is 0. The number of hydrogen-bond donors (Lipinski definition) is 1. The number of benzene rings is 1. The molecule has 4 nitrogen and oxygen atoms in total. The van der Waals surface area contributed by atoms with Gasteiger partial charge in [0.1, 0.15) is 5.82 Å². The molecule has 7 heteroatoms. The third kappa shape index (κ3) is 2.40. The second kappa shape index (κ2) is 4.56. The highest BCUT2D eigenvalue weighted by Crippen LogP contribution is 2.34. The van der Waals surface area contributed by atoms with Gasteiger partial charge in [-0.25, -0.2) is 0 Å². The van der Waals surface area contributed by atoms with Crippen molar-refractivity contribution in [2.75, 3.05) is 5.73 Å². The maximum absolute atomic E-state index is 12.6. The van der Waals surface area contributed by atoms with Crippen LogP contribution in [0.5, 0.6) is 0 Å². The molecule has 2 N–H and O–H groups in total. The van der Waals surface area contributed by atoms with E-state index in [9.17, 15) is 13.2 Å². The molecule has 0 saturated heterocycles. The van der Waals surface area contributed by atoms with E-state index in [1.54, 1.807) is 11.5 Å². The van der Waals surface area contributed by atoms with Crippen molar-refractivity contribution >= 4 is 5.69 Å². The molecule has 0 amide bonds. The molecule has 0 aliphatic rings. The normalized spacial score (nSPS) is 11.8. The Hall–Kier alpha value is -2.05. The molecular weight excluding hydrogens is 257 g/mol. The number of alkyl halides is 3. The monoisotopic (exact) mass is 270 g/mol. The molecule has 0 aliphatic heterocycles. The van der Waals surface area contributed by atoms with Gasteiger partial charge in [-0.3, -0.25) is 0 Å². The Morgan fingerprint density at radius 2 is 1.95 bits per heavy atom. The van der Waals surface area contributed by atoms with Crippen molar-refractivity contribution in [1.29, 1.82) is 0 Å². The van der Waals surface area contributed by atoms with E-state index in [-0.39, 0.29) is 5.69 Å². The Bertz CT molecular complexity index is 602. The van der Waals surface area contributed by atoms with Crippen LogP contribution in [-0.4, -0.2) is 14.8 Å². The van der Waals surface area contributed by atoms with Crippen LogP contribution in [0.1, 0.15) is 18.3 Å². The molecule has 102 valence electrons. The van der Waals surface area contributed by atoms with Crippen molar-refractivity contribution in [3.05, 3.63) is 29.6 Å². The summed E-state index contributed by atoms with van der Waals surface area (Å²) in [5.74, 6) is 1.17. The van der Waals surface area contributed by atoms with E-state index < -0.39 is 11.7 Å². The van der Waals surface area contributed by atoms with Crippen LogP contribution in [-0.2, 0) is 12.7 Å². The number of rotatable bonds is 2. The fourth-order valence-electron chi connectivity index (χ4n) is 1.90. The maximum Gasteiger partial charge on any atom is 0.416 e. The van der Waals surface area contributed by atoms with Crippen molar-refractivity contribution in [3.63, 3.8) is 0 Å². The lowest BCUT2D eigenvalue weighted by molar-refractivity contribution is -0.137. The predicted molar refractivity (Wildman–Crippen MR) is 65.3 cm³/mol. The minimum atomic E-state index is -4.40. The van der Waals surface area contributed by atoms with Gasteiger partial charge in [0, 0.05) is 17.8 Å². The molecule has 1 heterocycles. The van der Waals surface area contributed by atoms with Gasteiger partial charge in [0.2, 0.25) is 0 Å². The second-order valence-corrected chi connectivity index (χ2v) is 4.11. The number of nitrogens with two attached hydrogens (primary N) is 1. The first-order valence-electron chi connectivity index (χ1n) is 5.71. The Labute approximate surface area is 108 Å². The summed E-state index contributed by atoms with van der Waals surface area (Å²) in [6, 6.07) is 3.24. The van der Waals surface area contributed by atoms with E-state index >= 15 is 0 Å². The number of hydrogen-bond acceptors (Lipinski definition) is 3. The third-order valence-corrected chi connectivity index (χ3v) is 2.87. The summed E-state index contributed by atoms with van der Waals surface area (Å²) in [6.07, 6.45) is -4.40. The van der Waals surface area contributed by atoms with Gasteiger partial charge < -0.3 is 10.3 Å². The maximum atomic E-state index is 12.6. The van der Waals surface area contributed by atoms with Crippen LogP contribution in [0.3, 0.4) is 0 Å². The number of aryl methyl sites for hydroxylation is 1. The Kier molecular flexibility index (Phi) is 3.21. The lowest BCUT2D eigenvalue weighted by Gasteiger charge is -2.11. The fraction of sp³-hybridized carbons (Fsp3) is 0.333. The number of nitrogen functional groups attached to an aromatic ring is 1. The molecule has 0 unspecified atom stereocenters. The second-order valence-electron chi connectivity index (χ2n) is 4.11. The molecule has 0 fully saturated rings. The first-order valence-corrected chi connectivity index (χ1v) is 5.71. The summed E-state index contributed by atoms with van der Waals surface area (Å²) in [5.41, 5.74) is 5.42. The SMILES string of the molecule is CCn1c(C)nnc1-c1ccc(C(F)(F)F)cc1N. The van der Waals surface area contributed by atoms with Crippen molar-refractivity contribution < 1.29 is 13.2 Å². The molecule has 0 atom stereocenters. The van der Waals surface area contributed by atoms with Crippen LogP contribution < -0.4 is 5.73 Å². The highest BCUT2D eigenvalue weighted by molar-refractivity contribution is 5.72. The minimum absolute atomic E-state index is 0.0388. The zero-order valence-corrected chi connectivity index (χ0v) is 10.5. The van der Waals surface area contributed by atoms with Crippen LogP contribution in [0.15, 0.2) is 18.2 Å². The number of halogens is 3. The van der Waals surface area contributed by atoms with Crippen LogP contribution >= 0.6 is 0 Å². The van der Waals surface area contributed by atoms with Crippen LogP contribution in [0.25, 0.3) is 11.4 Å². The van der Waals surface area contributed by atoms with Crippen molar-refractivity contribution in [3.8, 4) is 11.4 Å². The highest BCUT2D eigenvalue weighted by Gasteiger charge is 2.31. The molecule has 2 aromatic rings. The van der Waals surface area contributed by atoms with Gasteiger partial charge in [-0.2, -0.15) is 13.2 Å². The quantitative estimate of drug-likeness (QED) is 0.854. The van der Waals surface area contributed by atoms with Crippen molar-refractivity contribution in [1.82, 2.24) is 14.8 Å². The van der Waals surface area contributed by atoms with E-state index in [0.29, 0.717) is 23.8 Å². The molecule has 2 rings (SSSR count). The van der Waals surface area contributed by atoms with Gasteiger partial charge >= 0.3 is 6.18 Å². The van der Waals surface area contributed by atoms with Gasteiger partial charge in [-0.1, -0.05) is 0 Å². The standard InChI is InChI=1S/C12H13F3N4/c1-3-19-7(2)17-18-11(19)9-5-4-8(6-10(9)16)12(13,14)15/h4-6H,3,16H2,1-2H3. The van der Waals surface area contributed by atoms with Gasteiger partial charge in [0.25, 0.3) is 0 Å². The number of nitrogens with zero attached hydrogens (tertiary/aromatic N) is 3. The Morgan fingerprint density at radius 3 is 2.47 bits per heavy atom. The summed E-state index contributed by atoms with van der Waals surface area (Å²) in [5, 5.41) is 7.87. The molecule has 0 aliphatic carbocycles. The average molecular weight is 270 g/mol. The van der Waals surface area contributed by atoms with E-state index in [4.69, 9.17) is 5.73 Å². The van der Waals surface area contributed by atoms with Gasteiger partial charge in [-0.15, -0.1) is 10.2 Å². The largest absolute Gasteiger partial charge is 0.416 e. The Morgan fingerprint density at radius 1 is 1.26 bits per heavy atom. The predicted octanol–water partition coefficient (Wildman–Crippen LogP) is 2.87. The average Bonchev–Trinajstić information content (AvgIpc) is 2.69.